The summed E-state index contributed by atoms with van der Waals surface area (Å²) in [6.45, 7) is 1.07. The third-order valence-corrected chi connectivity index (χ3v) is 5.25. The van der Waals surface area contributed by atoms with Crippen molar-refractivity contribution in [1.29, 1.82) is 0 Å². The number of aromatic nitrogens is 1. The van der Waals surface area contributed by atoms with E-state index in [0.717, 1.165) is 23.3 Å². The number of hydrogen-bond donors (Lipinski definition) is 0. The summed E-state index contributed by atoms with van der Waals surface area (Å²) in [5, 5.41) is 0.530. The van der Waals surface area contributed by atoms with Crippen LogP contribution < -0.4 is 9.47 Å². The number of esters is 1. The average molecular weight is 424 g/mol. The Balaban J connectivity index is 1.41. The first kappa shape index (κ1) is 20.2. The first-order chi connectivity index (χ1) is 14.6. The fourth-order valence-electron chi connectivity index (χ4n) is 2.93. The molecule has 0 unspecified atom stereocenters. The maximum Gasteiger partial charge on any atom is 0.337 e. The number of benzene rings is 2. The van der Waals surface area contributed by atoms with Gasteiger partial charge < -0.3 is 14.2 Å². The van der Waals surface area contributed by atoms with Gasteiger partial charge in [0.25, 0.3) is 0 Å². The molecule has 0 aliphatic heterocycles. The highest BCUT2D eigenvalue weighted by atomic mass is 35.5. The second-order valence-electron chi connectivity index (χ2n) is 7.26. The standard InChI is InChI=1S/C24H22ClNO4/c1-28-24(27)18-6-4-17(5-7-18)14-29-22-12-19(8-10-21(22)25)20-9-11-23(26-13-20)30-15-16-2-3-16/h4-13,16H,2-3,14-15H2,1H3. The minimum absolute atomic E-state index is 0.330. The topological polar surface area (TPSA) is 57.7 Å². The van der Waals surface area contributed by atoms with Gasteiger partial charge in [0.15, 0.2) is 0 Å². The van der Waals surface area contributed by atoms with Gasteiger partial charge in [-0.15, -0.1) is 0 Å². The Morgan fingerprint density at radius 2 is 1.80 bits per heavy atom. The summed E-state index contributed by atoms with van der Waals surface area (Å²) >= 11 is 6.32. The average Bonchev–Trinajstić information content (AvgIpc) is 3.62. The molecule has 0 N–H and O–H groups in total. The van der Waals surface area contributed by atoms with E-state index in [2.05, 4.69) is 4.98 Å². The van der Waals surface area contributed by atoms with Crippen molar-refractivity contribution in [3.8, 4) is 22.8 Å². The van der Waals surface area contributed by atoms with Gasteiger partial charge in [0.05, 0.1) is 24.3 Å². The van der Waals surface area contributed by atoms with Crippen LogP contribution in [0.3, 0.4) is 0 Å². The summed E-state index contributed by atoms with van der Waals surface area (Å²) in [4.78, 5) is 15.9. The molecule has 1 aliphatic carbocycles. The van der Waals surface area contributed by atoms with Crippen molar-refractivity contribution >= 4 is 17.6 Å². The molecule has 0 radical (unpaired) electrons. The predicted molar refractivity (Wildman–Crippen MR) is 115 cm³/mol. The van der Waals surface area contributed by atoms with E-state index in [0.29, 0.717) is 34.7 Å². The number of carbonyl (C=O) groups is 1. The maximum absolute atomic E-state index is 11.5. The Kier molecular flexibility index (Phi) is 6.19. The molecule has 2 aromatic carbocycles. The highest BCUT2D eigenvalue weighted by molar-refractivity contribution is 6.32. The highest BCUT2D eigenvalue weighted by Crippen LogP contribution is 2.32. The van der Waals surface area contributed by atoms with Crippen LogP contribution in [0.4, 0.5) is 0 Å². The van der Waals surface area contributed by atoms with Crippen molar-refractivity contribution in [1.82, 2.24) is 4.98 Å². The zero-order valence-electron chi connectivity index (χ0n) is 16.6. The molecule has 0 spiro atoms. The van der Waals surface area contributed by atoms with Crippen molar-refractivity contribution < 1.29 is 19.0 Å². The minimum atomic E-state index is -0.365. The number of nitrogens with zero attached hydrogens (tertiary/aromatic N) is 1. The zero-order valence-corrected chi connectivity index (χ0v) is 17.4. The van der Waals surface area contributed by atoms with Crippen LogP contribution >= 0.6 is 11.6 Å². The summed E-state index contributed by atoms with van der Waals surface area (Å²) in [6.07, 6.45) is 4.29. The molecular weight excluding hydrogens is 402 g/mol. The predicted octanol–water partition coefficient (Wildman–Crippen LogP) is 5.56. The Hall–Kier alpha value is -3.05. The van der Waals surface area contributed by atoms with Crippen molar-refractivity contribution in [2.24, 2.45) is 5.92 Å². The molecule has 30 heavy (non-hydrogen) atoms. The largest absolute Gasteiger partial charge is 0.487 e. The number of ether oxygens (including phenoxy) is 3. The number of carbonyl (C=O) groups excluding carboxylic acids is 1. The quantitative estimate of drug-likeness (QED) is 0.444. The lowest BCUT2D eigenvalue weighted by Gasteiger charge is -2.11. The molecule has 4 rings (SSSR count). The SMILES string of the molecule is COC(=O)c1ccc(COc2cc(-c3ccc(OCC4CC4)nc3)ccc2Cl)cc1. The summed E-state index contributed by atoms with van der Waals surface area (Å²) in [5.41, 5.74) is 3.33. The number of rotatable bonds is 8. The van der Waals surface area contributed by atoms with Crippen LogP contribution in [0, 0.1) is 5.92 Å². The second-order valence-corrected chi connectivity index (χ2v) is 7.67. The molecule has 1 fully saturated rings. The van der Waals surface area contributed by atoms with Crippen LogP contribution in [0.25, 0.3) is 11.1 Å². The third kappa shape index (κ3) is 5.10. The zero-order chi connectivity index (χ0) is 20.9. The van der Waals surface area contributed by atoms with Gasteiger partial charge in [-0.25, -0.2) is 9.78 Å². The van der Waals surface area contributed by atoms with Gasteiger partial charge in [0.1, 0.15) is 12.4 Å². The number of halogens is 1. The molecule has 1 saturated carbocycles. The van der Waals surface area contributed by atoms with Gasteiger partial charge in [-0.05, 0) is 60.2 Å². The van der Waals surface area contributed by atoms with Crippen LogP contribution in [-0.4, -0.2) is 24.7 Å². The lowest BCUT2D eigenvalue weighted by atomic mass is 10.1. The van der Waals surface area contributed by atoms with Crippen LogP contribution in [-0.2, 0) is 11.3 Å². The Labute approximate surface area is 180 Å². The number of pyridine rings is 1. The fraction of sp³-hybridized carbons (Fsp3) is 0.250. The third-order valence-electron chi connectivity index (χ3n) is 4.93. The summed E-state index contributed by atoms with van der Waals surface area (Å²) in [5.74, 6) is 1.56. The fourth-order valence-corrected chi connectivity index (χ4v) is 3.11. The molecule has 1 aromatic heterocycles. The van der Waals surface area contributed by atoms with Crippen LogP contribution in [0.15, 0.2) is 60.8 Å². The maximum atomic E-state index is 11.5. The van der Waals surface area contributed by atoms with E-state index in [1.807, 2.05) is 42.5 Å². The Bertz CT molecular complexity index is 1010. The van der Waals surface area contributed by atoms with Crippen LogP contribution in [0.2, 0.25) is 5.02 Å². The van der Waals surface area contributed by atoms with E-state index in [-0.39, 0.29) is 5.97 Å². The van der Waals surface area contributed by atoms with Gasteiger partial charge >= 0.3 is 5.97 Å². The van der Waals surface area contributed by atoms with E-state index in [4.69, 9.17) is 25.8 Å². The Morgan fingerprint density at radius 3 is 2.47 bits per heavy atom. The van der Waals surface area contributed by atoms with Crippen molar-refractivity contribution in [2.45, 2.75) is 19.4 Å². The monoisotopic (exact) mass is 423 g/mol. The van der Waals surface area contributed by atoms with Gasteiger partial charge in [-0.3, -0.25) is 0 Å². The van der Waals surface area contributed by atoms with E-state index in [9.17, 15) is 4.79 Å². The first-order valence-electron chi connectivity index (χ1n) is 9.81. The van der Waals surface area contributed by atoms with Gasteiger partial charge in [-0.1, -0.05) is 29.8 Å². The molecule has 3 aromatic rings. The molecule has 0 atom stereocenters. The van der Waals surface area contributed by atoms with E-state index >= 15 is 0 Å². The second kappa shape index (κ2) is 9.18. The first-order valence-corrected chi connectivity index (χ1v) is 10.2. The minimum Gasteiger partial charge on any atom is -0.487 e. The molecule has 1 aliphatic rings. The summed E-state index contributed by atoms with van der Waals surface area (Å²) < 4.78 is 16.3. The number of methoxy groups -OCH3 is 1. The molecule has 0 saturated heterocycles. The number of hydrogen-bond acceptors (Lipinski definition) is 5. The molecule has 1 heterocycles. The summed E-state index contributed by atoms with van der Waals surface area (Å²) in [6, 6.07) is 16.6. The van der Waals surface area contributed by atoms with E-state index < -0.39 is 0 Å². The summed E-state index contributed by atoms with van der Waals surface area (Å²) in [7, 11) is 1.36. The molecule has 0 amide bonds. The van der Waals surface area contributed by atoms with E-state index in [1.165, 1.54) is 20.0 Å². The smallest absolute Gasteiger partial charge is 0.337 e. The van der Waals surface area contributed by atoms with Gasteiger partial charge in [-0.2, -0.15) is 0 Å². The van der Waals surface area contributed by atoms with Crippen molar-refractivity contribution in [2.75, 3.05) is 13.7 Å². The molecule has 0 bridgehead atoms. The lowest BCUT2D eigenvalue weighted by Crippen LogP contribution is -2.02. The molecule has 5 nitrogen and oxygen atoms in total. The van der Waals surface area contributed by atoms with Crippen LogP contribution in [0.1, 0.15) is 28.8 Å². The lowest BCUT2D eigenvalue weighted by molar-refractivity contribution is 0.0600. The van der Waals surface area contributed by atoms with Crippen LogP contribution in [0.5, 0.6) is 11.6 Å². The van der Waals surface area contributed by atoms with Gasteiger partial charge in [0, 0.05) is 17.8 Å². The normalized spacial score (nSPS) is 13.0. The highest BCUT2D eigenvalue weighted by Gasteiger charge is 2.22. The molecule has 6 heteroatoms. The molecule has 154 valence electrons. The van der Waals surface area contributed by atoms with Gasteiger partial charge in [0.2, 0.25) is 5.88 Å². The Morgan fingerprint density at radius 1 is 1.03 bits per heavy atom. The van der Waals surface area contributed by atoms with Crippen molar-refractivity contribution in [3.63, 3.8) is 0 Å². The van der Waals surface area contributed by atoms with Crippen molar-refractivity contribution in [3.05, 3.63) is 76.9 Å². The molecular formula is C24H22ClNO4. The van der Waals surface area contributed by atoms with E-state index in [1.54, 1.807) is 18.3 Å².